The second-order valence-electron chi connectivity index (χ2n) is 4.52. The number of carboxylic acid groups (broad SMARTS) is 1. The van der Waals surface area contributed by atoms with Gasteiger partial charge in [-0.3, -0.25) is 4.99 Å². The Morgan fingerprint density at radius 1 is 1.32 bits per heavy atom. The van der Waals surface area contributed by atoms with Crippen molar-refractivity contribution in [2.75, 3.05) is 0 Å². The summed E-state index contributed by atoms with van der Waals surface area (Å²) in [6.07, 6.45) is 0.814. The number of hydrogen-bond acceptors (Lipinski definition) is 3. The fourth-order valence-electron chi connectivity index (χ4n) is 1.60. The lowest BCUT2D eigenvalue weighted by molar-refractivity contribution is -0.144. The molecule has 0 aliphatic heterocycles. The standard InChI is InChI=1S/C16H13BrClNO3/c1-10(16(20)21)22-13-5-2-11(3-6-13)9-19-12-4-7-14(17)15(18)8-12/h2-10H,1H3,(H,20,21)/t10-/m1/s1. The summed E-state index contributed by atoms with van der Waals surface area (Å²) in [7, 11) is 0. The van der Waals surface area contributed by atoms with Crippen LogP contribution >= 0.6 is 27.5 Å². The Balaban J connectivity index is 2.05. The number of carbonyl (C=O) groups is 1. The van der Waals surface area contributed by atoms with E-state index in [1.807, 2.05) is 12.1 Å². The Morgan fingerprint density at radius 3 is 2.59 bits per heavy atom. The zero-order chi connectivity index (χ0) is 16.1. The molecule has 0 saturated carbocycles. The molecule has 0 aromatic heterocycles. The third-order valence-corrected chi connectivity index (χ3v) is 4.04. The molecule has 0 fully saturated rings. The van der Waals surface area contributed by atoms with Crippen LogP contribution in [0.1, 0.15) is 12.5 Å². The number of carboxylic acids is 1. The lowest BCUT2D eigenvalue weighted by Crippen LogP contribution is -2.22. The van der Waals surface area contributed by atoms with Crippen molar-refractivity contribution >= 4 is 45.4 Å². The van der Waals surface area contributed by atoms with E-state index in [4.69, 9.17) is 21.4 Å². The molecule has 2 aromatic rings. The molecule has 0 amide bonds. The molecule has 0 spiro atoms. The molecule has 0 radical (unpaired) electrons. The third kappa shape index (κ3) is 4.58. The Kier molecular flexibility index (Phi) is 5.57. The summed E-state index contributed by atoms with van der Waals surface area (Å²) < 4.78 is 6.08. The average molecular weight is 383 g/mol. The van der Waals surface area contributed by atoms with Gasteiger partial charge in [0.2, 0.25) is 0 Å². The first kappa shape index (κ1) is 16.5. The molecule has 2 aromatic carbocycles. The molecule has 0 bridgehead atoms. The summed E-state index contributed by atoms with van der Waals surface area (Å²) in [5.41, 5.74) is 1.61. The van der Waals surface area contributed by atoms with Gasteiger partial charge in [-0.05, 0) is 70.9 Å². The zero-order valence-electron chi connectivity index (χ0n) is 11.7. The Labute approximate surface area is 141 Å². The van der Waals surface area contributed by atoms with Crippen LogP contribution in [0.25, 0.3) is 0 Å². The molecule has 0 heterocycles. The van der Waals surface area contributed by atoms with E-state index in [9.17, 15) is 4.79 Å². The van der Waals surface area contributed by atoms with Crippen molar-refractivity contribution in [3.8, 4) is 5.75 Å². The summed E-state index contributed by atoms with van der Waals surface area (Å²) >= 11 is 9.33. The summed E-state index contributed by atoms with van der Waals surface area (Å²) in [5.74, 6) is -0.503. The Morgan fingerprint density at radius 2 is 2.00 bits per heavy atom. The summed E-state index contributed by atoms with van der Waals surface area (Å²) in [6.45, 7) is 1.48. The van der Waals surface area contributed by atoms with Crippen LogP contribution in [-0.4, -0.2) is 23.4 Å². The molecule has 0 aliphatic rings. The maximum Gasteiger partial charge on any atom is 0.344 e. The molecule has 0 unspecified atom stereocenters. The summed E-state index contributed by atoms with van der Waals surface area (Å²) in [6, 6.07) is 12.4. The molecular formula is C16H13BrClNO3. The molecule has 114 valence electrons. The van der Waals surface area contributed by atoms with Gasteiger partial charge in [0.05, 0.1) is 10.7 Å². The first-order valence-electron chi connectivity index (χ1n) is 6.44. The zero-order valence-corrected chi connectivity index (χ0v) is 14.0. The van der Waals surface area contributed by atoms with Crippen LogP contribution in [0.4, 0.5) is 5.69 Å². The molecular weight excluding hydrogens is 370 g/mol. The van der Waals surface area contributed by atoms with E-state index in [2.05, 4.69) is 20.9 Å². The second kappa shape index (κ2) is 7.42. The van der Waals surface area contributed by atoms with Crippen molar-refractivity contribution in [1.29, 1.82) is 0 Å². The first-order chi connectivity index (χ1) is 10.5. The van der Waals surface area contributed by atoms with Crippen molar-refractivity contribution in [2.45, 2.75) is 13.0 Å². The van der Waals surface area contributed by atoms with E-state index in [-0.39, 0.29) is 0 Å². The molecule has 22 heavy (non-hydrogen) atoms. The molecule has 2 rings (SSSR count). The van der Waals surface area contributed by atoms with Crippen molar-refractivity contribution in [2.24, 2.45) is 4.99 Å². The maximum atomic E-state index is 10.7. The van der Waals surface area contributed by atoms with Crippen LogP contribution in [-0.2, 0) is 4.79 Å². The van der Waals surface area contributed by atoms with E-state index in [1.54, 1.807) is 36.5 Å². The Hall–Kier alpha value is -1.85. The topological polar surface area (TPSA) is 58.9 Å². The van der Waals surface area contributed by atoms with Gasteiger partial charge in [0.1, 0.15) is 5.75 Å². The second-order valence-corrected chi connectivity index (χ2v) is 5.79. The van der Waals surface area contributed by atoms with Gasteiger partial charge in [0.25, 0.3) is 0 Å². The number of nitrogens with zero attached hydrogens (tertiary/aromatic N) is 1. The highest BCUT2D eigenvalue weighted by atomic mass is 79.9. The van der Waals surface area contributed by atoms with Crippen LogP contribution in [0.5, 0.6) is 5.75 Å². The quantitative estimate of drug-likeness (QED) is 0.762. The van der Waals surface area contributed by atoms with Gasteiger partial charge in [-0.15, -0.1) is 0 Å². The van der Waals surface area contributed by atoms with Gasteiger partial charge in [0, 0.05) is 10.7 Å². The molecule has 0 saturated heterocycles. The summed E-state index contributed by atoms with van der Waals surface area (Å²) in [4.78, 5) is 15.1. The summed E-state index contributed by atoms with van der Waals surface area (Å²) in [5, 5.41) is 9.39. The van der Waals surface area contributed by atoms with Gasteiger partial charge in [0.15, 0.2) is 6.10 Å². The minimum absolute atomic E-state index is 0.499. The minimum atomic E-state index is -1.00. The van der Waals surface area contributed by atoms with Crippen LogP contribution < -0.4 is 4.74 Å². The molecule has 1 atom stereocenters. The number of aliphatic carboxylic acids is 1. The third-order valence-electron chi connectivity index (χ3n) is 2.81. The van der Waals surface area contributed by atoms with Crippen molar-refractivity contribution < 1.29 is 14.6 Å². The van der Waals surface area contributed by atoms with E-state index >= 15 is 0 Å². The fourth-order valence-corrected chi connectivity index (χ4v) is 2.02. The monoisotopic (exact) mass is 381 g/mol. The van der Waals surface area contributed by atoms with Gasteiger partial charge in [-0.1, -0.05) is 11.6 Å². The van der Waals surface area contributed by atoms with E-state index in [0.717, 1.165) is 15.7 Å². The average Bonchev–Trinajstić information content (AvgIpc) is 2.49. The molecule has 4 nitrogen and oxygen atoms in total. The smallest absolute Gasteiger partial charge is 0.344 e. The number of halogens is 2. The highest BCUT2D eigenvalue weighted by Gasteiger charge is 2.11. The molecule has 0 aliphatic carbocycles. The van der Waals surface area contributed by atoms with Crippen LogP contribution in [0.15, 0.2) is 51.9 Å². The lowest BCUT2D eigenvalue weighted by Gasteiger charge is -2.09. The van der Waals surface area contributed by atoms with E-state index in [0.29, 0.717) is 10.8 Å². The van der Waals surface area contributed by atoms with Gasteiger partial charge < -0.3 is 9.84 Å². The SMILES string of the molecule is C[C@@H](Oc1ccc(C=Nc2ccc(Br)c(Cl)c2)cc1)C(=O)O. The first-order valence-corrected chi connectivity index (χ1v) is 7.61. The highest BCUT2D eigenvalue weighted by molar-refractivity contribution is 9.10. The predicted octanol–water partition coefficient (Wildman–Crippen LogP) is 4.71. The normalized spacial score (nSPS) is 12.3. The maximum absolute atomic E-state index is 10.7. The van der Waals surface area contributed by atoms with Crippen LogP contribution in [0, 0.1) is 0 Å². The van der Waals surface area contributed by atoms with Gasteiger partial charge >= 0.3 is 5.97 Å². The number of aliphatic imine (C=N–C) groups is 1. The molecule has 6 heteroatoms. The van der Waals surface area contributed by atoms with Crippen LogP contribution in [0.3, 0.4) is 0 Å². The minimum Gasteiger partial charge on any atom is -0.479 e. The van der Waals surface area contributed by atoms with Crippen LogP contribution in [0.2, 0.25) is 5.02 Å². The largest absolute Gasteiger partial charge is 0.479 e. The van der Waals surface area contributed by atoms with Crippen molar-refractivity contribution in [1.82, 2.24) is 0 Å². The van der Waals surface area contributed by atoms with Crippen molar-refractivity contribution in [3.05, 3.63) is 57.5 Å². The van der Waals surface area contributed by atoms with Gasteiger partial charge in [-0.2, -0.15) is 0 Å². The number of hydrogen-bond donors (Lipinski definition) is 1. The predicted molar refractivity (Wildman–Crippen MR) is 90.6 cm³/mol. The van der Waals surface area contributed by atoms with E-state index < -0.39 is 12.1 Å². The molecule has 1 N–H and O–H groups in total. The number of benzene rings is 2. The number of rotatable bonds is 5. The fraction of sp³-hybridized carbons (Fsp3) is 0.125. The highest BCUT2D eigenvalue weighted by Crippen LogP contribution is 2.27. The lowest BCUT2D eigenvalue weighted by atomic mass is 10.2. The Bertz CT molecular complexity index is 701. The van der Waals surface area contributed by atoms with Crippen molar-refractivity contribution in [3.63, 3.8) is 0 Å². The van der Waals surface area contributed by atoms with E-state index in [1.165, 1.54) is 6.92 Å². The van der Waals surface area contributed by atoms with Gasteiger partial charge in [-0.25, -0.2) is 4.79 Å². The number of ether oxygens (including phenoxy) is 1.